The molecule has 1 unspecified atom stereocenters. The van der Waals surface area contributed by atoms with Crippen LogP contribution in [-0.4, -0.2) is 24.3 Å². The minimum absolute atomic E-state index is 0.323. The molecule has 0 radical (unpaired) electrons. The van der Waals surface area contributed by atoms with Crippen LogP contribution in [0.25, 0.3) is 11.1 Å². The van der Waals surface area contributed by atoms with Crippen LogP contribution in [0.15, 0.2) is 36.4 Å². The fourth-order valence-electron chi connectivity index (χ4n) is 2.47. The SMILES string of the molecule is CCOc1cccc(OCC)c1-c1ccc(C(C)C(=O)O)cc1F. The summed E-state index contributed by atoms with van der Waals surface area (Å²) in [5.41, 5.74) is 1.27. The second-order valence-corrected chi connectivity index (χ2v) is 5.29. The average molecular weight is 332 g/mol. The quantitative estimate of drug-likeness (QED) is 0.812. The number of rotatable bonds is 7. The first-order valence-corrected chi connectivity index (χ1v) is 7.90. The van der Waals surface area contributed by atoms with Crippen molar-refractivity contribution < 1.29 is 23.8 Å². The van der Waals surface area contributed by atoms with E-state index in [1.165, 1.54) is 13.0 Å². The van der Waals surface area contributed by atoms with Crippen molar-refractivity contribution in [3.05, 3.63) is 47.8 Å². The van der Waals surface area contributed by atoms with Gasteiger partial charge in [-0.15, -0.1) is 0 Å². The topological polar surface area (TPSA) is 55.8 Å². The minimum atomic E-state index is -0.994. The molecule has 4 nitrogen and oxygen atoms in total. The van der Waals surface area contributed by atoms with E-state index in [4.69, 9.17) is 14.6 Å². The van der Waals surface area contributed by atoms with Crippen molar-refractivity contribution in [1.82, 2.24) is 0 Å². The highest BCUT2D eigenvalue weighted by molar-refractivity contribution is 5.79. The van der Waals surface area contributed by atoms with E-state index >= 15 is 0 Å². The molecular weight excluding hydrogens is 311 g/mol. The van der Waals surface area contributed by atoms with Gasteiger partial charge in [0.05, 0.1) is 24.7 Å². The Balaban J connectivity index is 2.56. The molecule has 2 rings (SSSR count). The first-order chi connectivity index (χ1) is 11.5. The van der Waals surface area contributed by atoms with Crippen LogP contribution in [0, 0.1) is 5.82 Å². The van der Waals surface area contributed by atoms with Crippen LogP contribution in [0.4, 0.5) is 4.39 Å². The molecule has 24 heavy (non-hydrogen) atoms. The van der Waals surface area contributed by atoms with Gasteiger partial charge in [-0.25, -0.2) is 4.39 Å². The van der Waals surface area contributed by atoms with Crippen LogP contribution in [0.3, 0.4) is 0 Å². The van der Waals surface area contributed by atoms with Crippen molar-refractivity contribution in [3.8, 4) is 22.6 Å². The first-order valence-electron chi connectivity index (χ1n) is 7.90. The van der Waals surface area contributed by atoms with E-state index < -0.39 is 17.7 Å². The maximum atomic E-state index is 14.7. The Labute approximate surface area is 140 Å². The molecule has 2 aromatic carbocycles. The summed E-state index contributed by atoms with van der Waals surface area (Å²) in [5.74, 6) is -1.22. The highest BCUT2D eigenvalue weighted by Gasteiger charge is 2.20. The third kappa shape index (κ3) is 3.67. The zero-order chi connectivity index (χ0) is 17.7. The smallest absolute Gasteiger partial charge is 0.310 e. The van der Waals surface area contributed by atoms with Crippen molar-refractivity contribution in [1.29, 1.82) is 0 Å². The van der Waals surface area contributed by atoms with E-state index in [0.717, 1.165) is 0 Å². The first kappa shape index (κ1) is 17.8. The maximum absolute atomic E-state index is 14.7. The van der Waals surface area contributed by atoms with Gasteiger partial charge in [-0.05, 0) is 44.5 Å². The van der Waals surface area contributed by atoms with E-state index in [1.54, 1.807) is 30.3 Å². The number of carboxylic acids is 1. The van der Waals surface area contributed by atoms with Crippen LogP contribution in [0.2, 0.25) is 0 Å². The van der Waals surface area contributed by atoms with Gasteiger partial charge < -0.3 is 14.6 Å². The summed E-state index contributed by atoms with van der Waals surface area (Å²) in [6.45, 7) is 6.11. The predicted molar refractivity (Wildman–Crippen MR) is 90.2 cm³/mol. The molecule has 0 aliphatic rings. The zero-order valence-electron chi connectivity index (χ0n) is 14.0. The lowest BCUT2D eigenvalue weighted by atomic mass is 9.96. The summed E-state index contributed by atoms with van der Waals surface area (Å²) in [4.78, 5) is 11.1. The number of hydrogen-bond acceptors (Lipinski definition) is 3. The summed E-state index contributed by atoms with van der Waals surface area (Å²) in [6, 6.07) is 9.76. The van der Waals surface area contributed by atoms with Crippen molar-refractivity contribution in [2.75, 3.05) is 13.2 Å². The third-order valence-electron chi connectivity index (χ3n) is 3.72. The van der Waals surface area contributed by atoms with Gasteiger partial charge in [0.25, 0.3) is 0 Å². The third-order valence-corrected chi connectivity index (χ3v) is 3.72. The molecule has 0 aliphatic carbocycles. The Morgan fingerprint density at radius 3 is 2.17 bits per heavy atom. The van der Waals surface area contributed by atoms with Crippen LogP contribution in [0.1, 0.15) is 32.3 Å². The molecule has 0 saturated carbocycles. The van der Waals surface area contributed by atoms with Gasteiger partial charge in [-0.3, -0.25) is 4.79 Å². The Bertz CT molecular complexity index is 703. The van der Waals surface area contributed by atoms with Gasteiger partial charge >= 0.3 is 5.97 Å². The van der Waals surface area contributed by atoms with Crippen LogP contribution < -0.4 is 9.47 Å². The highest BCUT2D eigenvalue weighted by Crippen LogP contribution is 2.40. The molecule has 5 heteroatoms. The van der Waals surface area contributed by atoms with Gasteiger partial charge in [0, 0.05) is 5.56 Å². The largest absolute Gasteiger partial charge is 0.493 e. The zero-order valence-corrected chi connectivity index (χ0v) is 14.0. The number of aliphatic carboxylic acids is 1. The Hall–Kier alpha value is -2.56. The molecule has 2 aromatic rings. The van der Waals surface area contributed by atoms with Crippen molar-refractivity contribution >= 4 is 5.97 Å². The fraction of sp³-hybridized carbons (Fsp3) is 0.316. The summed E-state index contributed by atoms with van der Waals surface area (Å²) >= 11 is 0. The Kier molecular flexibility index (Phi) is 5.79. The maximum Gasteiger partial charge on any atom is 0.310 e. The molecule has 128 valence electrons. The second kappa shape index (κ2) is 7.81. The monoisotopic (exact) mass is 332 g/mol. The minimum Gasteiger partial charge on any atom is -0.493 e. The normalized spacial score (nSPS) is 11.8. The van der Waals surface area contributed by atoms with Gasteiger partial charge in [0.15, 0.2) is 0 Å². The van der Waals surface area contributed by atoms with Crippen LogP contribution in [-0.2, 0) is 4.79 Å². The average Bonchev–Trinajstić information content (AvgIpc) is 2.55. The van der Waals surface area contributed by atoms with Crippen LogP contribution in [0.5, 0.6) is 11.5 Å². The molecular formula is C19H21FO4. The van der Waals surface area contributed by atoms with Crippen molar-refractivity contribution in [2.45, 2.75) is 26.7 Å². The number of ether oxygens (including phenoxy) is 2. The standard InChI is InChI=1S/C19H21FO4/c1-4-23-16-7-6-8-17(24-5-2)18(16)14-10-9-13(11-15(14)20)12(3)19(21)22/h6-12H,4-5H2,1-3H3,(H,21,22). The van der Waals surface area contributed by atoms with Crippen molar-refractivity contribution in [2.24, 2.45) is 0 Å². The van der Waals surface area contributed by atoms with E-state index in [-0.39, 0.29) is 0 Å². The molecule has 0 aliphatic heterocycles. The molecule has 0 amide bonds. The van der Waals surface area contributed by atoms with Crippen molar-refractivity contribution in [3.63, 3.8) is 0 Å². The number of benzene rings is 2. The molecule has 0 heterocycles. The molecule has 0 aromatic heterocycles. The lowest BCUT2D eigenvalue weighted by Gasteiger charge is -2.17. The summed E-state index contributed by atoms with van der Waals surface area (Å²) in [6.07, 6.45) is 0. The van der Waals surface area contributed by atoms with Gasteiger partial charge in [-0.1, -0.05) is 18.2 Å². The molecule has 0 saturated heterocycles. The fourth-order valence-corrected chi connectivity index (χ4v) is 2.47. The number of carboxylic acid groups (broad SMARTS) is 1. The van der Waals surface area contributed by atoms with E-state index in [0.29, 0.717) is 41.4 Å². The summed E-state index contributed by atoms with van der Waals surface area (Å²) in [5, 5.41) is 9.08. The molecule has 1 N–H and O–H groups in total. The lowest BCUT2D eigenvalue weighted by molar-refractivity contribution is -0.138. The molecule has 1 atom stereocenters. The predicted octanol–water partition coefficient (Wildman–Crippen LogP) is 4.48. The van der Waals surface area contributed by atoms with E-state index in [2.05, 4.69) is 0 Å². The van der Waals surface area contributed by atoms with Crippen LogP contribution >= 0.6 is 0 Å². The number of hydrogen-bond donors (Lipinski definition) is 1. The molecule has 0 fully saturated rings. The number of halogens is 1. The molecule has 0 spiro atoms. The number of carbonyl (C=O) groups is 1. The second-order valence-electron chi connectivity index (χ2n) is 5.29. The highest BCUT2D eigenvalue weighted by atomic mass is 19.1. The van der Waals surface area contributed by atoms with E-state index in [1.807, 2.05) is 13.8 Å². The Morgan fingerprint density at radius 2 is 1.71 bits per heavy atom. The van der Waals surface area contributed by atoms with Gasteiger partial charge in [0.2, 0.25) is 0 Å². The lowest BCUT2D eigenvalue weighted by Crippen LogP contribution is -2.08. The summed E-state index contributed by atoms with van der Waals surface area (Å²) in [7, 11) is 0. The molecule has 0 bridgehead atoms. The van der Waals surface area contributed by atoms with E-state index in [9.17, 15) is 9.18 Å². The Morgan fingerprint density at radius 1 is 1.12 bits per heavy atom. The van der Waals surface area contributed by atoms with Gasteiger partial charge in [0.1, 0.15) is 17.3 Å². The van der Waals surface area contributed by atoms with Gasteiger partial charge in [-0.2, -0.15) is 0 Å². The summed E-state index contributed by atoms with van der Waals surface area (Å²) < 4.78 is 25.9.